The molecule has 0 fully saturated rings. The van der Waals surface area contributed by atoms with E-state index in [0.29, 0.717) is 42.0 Å². The van der Waals surface area contributed by atoms with E-state index in [2.05, 4.69) is 15.0 Å². The van der Waals surface area contributed by atoms with Gasteiger partial charge in [0.25, 0.3) is 21.6 Å². The Balaban J connectivity index is 1.54. The highest BCUT2D eigenvalue weighted by molar-refractivity contribution is 7.90. The highest BCUT2D eigenvalue weighted by Crippen LogP contribution is 2.22. The van der Waals surface area contributed by atoms with Crippen molar-refractivity contribution in [3.8, 4) is 0 Å². The lowest BCUT2D eigenvalue weighted by molar-refractivity contribution is -0.385. The second kappa shape index (κ2) is 7.77. The smallest absolute Gasteiger partial charge is 0.272 e. The number of aryl methyl sites for hydroxylation is 1. The molecule has 0 aromatic heterocycles. The van der Waals surface area contributed by atoms with Crippen LogP contribution >= 0.6 is 0 Å². The predicted octanol–water partition coefficient (Wildman–Crippen LogP) is 1.76. The average molecular weight is 402 g/mol. The molecule has 9 nitrogen and oxygen atoms in total. The van der Waals surface area contributed by atoms with Gasteiger partial charge in [0.15, 0.2) is 0 Å². The van der Waals surface area contributed by atoms with Gasteiger partial charge in [0.2, 0.25) is 0 Å². The lowest BCUT2D eigenvalue weighted by Gasteiger charge is -2.06. The van der Waals surface area contributed by atoms with E-state index in [-0.39, 0.29) is 16.5 Å². The minimum absolute atomic E-state index is 0.0355. The van der Waals surface area contributed by atoms with Crippen molar-refractivity contribution in [2.45, 2.75) is 18.2 Å². The summed E-state index contributed by atoms with van der Waals surface area (Å²) in [6.07, 6.45) is 0.505. The van der Waals surface area contributed by atoms with E-state index < -0.39 is 14.9 Å². The zero-order valence-corrected chi connectivity index (χ0v) is 15.8. The zero-order chi connectivity index (χ0) is 20.3. The van der Waals surface area contributed by atoms with Crippen LogP contribution in [0.4, 0.5) is 5.69 Å². The number of nitrogens with one attached hydrogen (secondary N) is 2. The van der Waals surface area contributed by atoms with E-state index in [9.17, 15) is 23.3 Å². The molecule has 2 aromatic carbocycles. The molecular weight excluding hydrogens is 384 g/mol. The summed E-state index contributed by atoms with van der Waals surface area (Å²) in [6.45, 7) is 2.23. The van der Waals surface area contributed by atoms with Crippen molar-refractivity contribution < 1.29 is 18.1 Å². The number of benzene rings is 2. The van der Waals surface area contributed by atoms with Gasteiger partial charge in [-0.25, -0.2) is 8.42 Å². The minimum Gasteiger partial charge on any atom is -0.352 e. The summed E-state index contributed by atoms with van der Waals surface area (Å²) in [5.41, 5.74) is 1.25. The molecule has 0 unspecified atom stereocenters. The number of nitro groups is 1. The van der Waals surface area contributed by atoms with Crippen LogP contribution in [0.2, 0.25) is 0 Å². The van der Waals surface area contributed by atoms with Crippen LogP contribution in [0.3, 0.4) is 0 Å². The van der Waals surface area contributed by atoms with Crippen LogP contribution in [0, 0.1) is 17.0 Å². The van der Waals surface area contributed by atoms with Crippen molar-refractivity contribution in [1.82, 2.24) is 10.0 Å². The molecule has 1 aliphatic rings. The molecule has 1 heterocycles. The van der Waals surface area contributed by atoms with Gasteiger partial charge in [0.05, 0.1) is 9.82 Å². The molecule has 146 valence electrons. The quantitative estimate of drug-likeness (QED) is 0.432. The highest BCUT2D eigenvalue weighted by Gasteiger charge is 2.29. The number of hydrogen-bond donors (Lipinski definition) is 2. The molecule has 0 saturated carbocycles. The normalized spacial score (nSPS) is 15.7. The molecule has 0 aliphatic carbocycles. The molecule has 2 N–H and O–H groups in total. The number of nitro benzene ring substituents is 1. The number of sulfonamides is 1. The first kappa shape index (κ1) is 19.5. The second-order valence-electron chi connectivity index (χ2n) is 6.20. The number of rotatable bonds is 6. The van der Waals surface area contributed by atoms with E-state index in [4.69, 9.17) is 0 Å². The molecule has 0 saturated heterocycles. The van der Waals surface area contributed by atoms with Crippen LogP contribution < -0.4 is 10.0 Å². The topological polar surface area (TPSA) is 131 Å². The van der Waals surface area contributed by atoms with Gasteiger partial charge in [-0.2, -0.15) is 0 Å². The van der Waals surface area contributed by atoms with Gasteiger partial charge in [-0.15, -0.1) is 0 Å². The molecule has 28 heavy (non-hydrogen) atoms. The van der Waals surface area contributed by atoms with Gasteiger partial charge >= 0.3 is 0 Å². The third kappa shape index (κ3) is 4.01. The summed E-state index contributed by atoms with van der Waals surface area (Å²) in [5.74, 6) is -0.0366. The van der Waals surface area contributed by atoms with Crippen molar-refractivity contribution in [1.29, 1.82) is 0 Å². The summed E-state index contributed by atoms with van der Waals surface area (Å²) in [5, 5.41) is 13.5. The van der Waals surface area contributed by atoms with Crippen LogP contribution in [0.25, 0.3) is 0 Å². The van der Waals surface area contributed by atoms with E-state index in [0.717, 1.165) is 0 Å². The Hall–Kier alpha value is -3.27. The molecule has 0 radical (unpaired) electrons. The fourth-order valence-corrected chi connectivity index (χ4v) is 4.08. The summed E-state index contributed by atoms with van der Waals surface area (Å²) in [7, 11) is -3.56. The molecule has 3 rings (SSSR count). The number of amides is 1. The van der Waals surface area contributed by atoms with E-state index in [1.165, 1.54) is 24.3 Å². The maximum Gasteiger partial charge on any atom is 0.272 e. The number of amidine groups is 1. The van der Waals surface area contributed by atoms with Gasteiger partial charge in [0.1, 0.15) is 5.84 Å². The maximum absolute atomic E-state index is 12.1. The number of carbonyl (C=O) groups excluding carboxylic acids is 1. The van der Waals surface area contributed by atoms with Crippen LogP contribution in [0.1, 0.15) is 27.9 Å². The number of hydrogen-bond acceptors (Lipinski definition) is 6. The monoisotopic (exact) mass is 402 g/mol. The van der Waals surface area contributed by atoms with Crippen LogP contribution in [-0.2, 0) is 10.0 Å². The maximum atomic E-state index is 12.1. The first-order chi connectivity index (χ1) is 13.3. The summed E-state index contributed by atoms with van der Waals surface area (Å²) >= 11 is 0. The number of fused-ring (bicyclic) bond motifs is 1. The van der Waals surface area contributed by atoms with Gasteiger partial charge in [-0.05, 0) is 37.6 Å². The summed E-state index contributed by atoms with van der Waals surface area (Å²) in [6, 6.07) is 10.8. The molecule has 1 amide bonds. The second-order valence-corrected chi connectivity index (χ2v) is 7.85. The van der Waals surface area contributed by atoms with Gasteiger partial charge in [-0.3, -0.25) is 24.6 Å². The average Bonchev–Trinajstić information content (AvgIpc) is 2.91. The Morgan fingerprint density at radius 2 is 2.00 bits per heavy atom. The van der Waals surface area contributed by atoms with E-state index in [1.807, 2.05) is 0 Å². The van der Waals surface area contributed by atoms with Crippen LogP contribution in [0.5, 0.6) is 0 Å². The van der Waals surface area contributed by atoms with Crippen molar-refractivity contribution in [3.63, 3.8) is 0 Å². The van der Waals surface area contributed by atoms with Crippen molar-refractivity contribution >= 4 is 27.5 Å². The lowest BCUT2D eigenvalue weighted by Crippen LogP contribution is -2.25. The minimum atomic E-state index is -3.56. The van der Waals surface area contributed by atoms with Crippen LogP contribution in [-0.4, -0.2) is 38.2 Å². The zero-order valence-electron chi connectivity index (χ0n) is 15.0. The Bertz CT molecular complexity index is 1080. The van der Waals surface area contributed by atoms with Crippen molar-refractivity contribution in [3.05, 3.63) is 69.3 Å². The van der Waals surface area contributed by atoms with E-state index >= 15 is 0 Å². The molecule has 0 spiro atoms. The third-order valence-electron chi connectivity index (χ3n) is 4.21. The number of aliphatic imine (C=N–C) groups is 1. The Morgan fingerprint density at radius 3 is 2.71 bits per heavy atom. The van der Waals surface area contributed by atoms with Crippen molar-refractivity contribution in [2.24, 2.45) is 4.99 Å². The molecule has 0 atom stereocenters. The van der Waals surface area contributed by atoms with Crippen molar-refractivity contribution in [2.75, 3.05) is 13.1 Å². The molecule has 10 heteroatoms. The van der Waals surface area contributed by atoms with Gasteiger partial charge < -0.3 is 5.32 Å². The predicted molar refractivity (Wildman–Crippen MR) is 103 cm³/mol. The Morgan fingerprint density at radius 1 is 1.25 bits per heavy atom. The third-order valence-corrected chi connectivity index (χ3v) is 5.61. The standard InChI is InChI=1S/C18H18N4O5S/c1-12-11-13(7-8-15(12)22(24)25)18(23)20-10-4-9-19-17-14-5-2-3-6-16(14)28(26,27)21-17/h2-3,5-8,11H,4,9-10H2,1H3,(H,19,21)(H,20,23). The Kier molecular flexibility index (Phi) is 5.41. The van der Waals surface area contributed by atoms with E-state index in [1.54, 1.807) is 25.1 Å². The molecular formula is C18H18N4O5S. The fraction of sp³-hybridized carbons (Fsp3) is 0.222. The first-order valence-electron chi connectivity index (χ1n) is 8.49. The largest absolute Gasteiger partial charge is 0.352 e. The van der Waals surface area contributed by atoms with Crippen LogP contribution in [0.15, 0.2) is 52.4 Å². The number of carbonyl (C=O) groups is 1. The summed E-state index contributed by atoms with van der Waals surface area (Å²) in [4.78, 5) is 26.9. The summed E-state index contributed by atoms with van der Waals surface area (Å²) < 4.78 is 26.4. The first-order valence-corrected chi connectivity index (χ1v) is 9.98. The SMILES string of the molecule is Cc1cc(C(=O)NCCCN=C2NS(=O)(=O)c3ccccc32)ccc1[N+](=O)[O-]. The lowest BCUT2D eigenvalue weighted by atomic mass is 10.1. The number of nitrogens with zero attached hydrogens (tertiary/aromatic N) is 2. The fourth-order valence-electron chi connectivity index (χ4n) is 2.83. The van der Waals surface area contributed by atoms with Gasteiger partial charge in [0, 0.05) is 35.8 Å². The molecule has 2 aromatic rings. The Labute approximate surface area is 161 Å². The molecule has 1 aliphatic heterocycles. The molecule has 0 bridgehead atoms. The highest BCUT2D eigenvalue weighted by atomic mass is 32.2. The van der Waals surface area contributed by atoms with Gasteiger partial charge in [-0.1, -0.05) is 12.1 Å².